The third-order valence-electron chi connectivity index (χ3n) is 5.32. The quantitative estimate of drug-likeness (QED) is 0.471. The van der Waals surface area contributed by atoms with Crippen LogP contribution in [0.4, 0.5) is 11.4 Å². The van der Waals surface area contributed by atoms with Gasteiger partial charge in [0, 0.05) is 0 Å². The number of rotatable bonds is 4. The molecule has 3 nitrogen and oxygen atoms in total. The third kappa shape index (κ3) is 7.51. The first-order valence-corrected chi connectivity index (χ1v) is 10.4. The molecule has 6 heteroatoms. The van der Waals surface area contributed by atoms with Crippen LogP contribution in [-0.2, 0) is 16.8 Å². The summed E-state index contributed by atoms with van der Waals surface area (Å²) < 4.78 is 0. The molecular formula is C27H31Cl2CoN3. The predicted molar refractivity (Wildman–Crippen MR) is 129 cm³/mol. The zero-order valence-electron chi connectivity index (χ0n) is 20.5. The fraction of sp³-hybridized carbons (Fsp3) is 0.296. The topological polar surface area (TPSA) is 37.6 Å². The molecule has 0 atom stereocenters. The van der Waals surface area contributed by atoms with Gasteiger partial charge in [-0.05, 0) is 89.8 Å². The van der Waals surface area contributed by atoms with E-state index in [-0.39, 0.29) is 41.6 Å². The summed E-state index contributed by atoms with van der Waals surface area (Å²) in [5.41, 5.74) is 12.9. The molecule has 0 saturated carbocycles. The number of hydrogen-bond acceptors (Lipinski definition) is 3. The molecule has 0 amide bonds. The van der Waals surface area contributed by atoms with Crippen LogP contribution in [-0.4, -0.2) is 16.4 Å². The second kappa shape index (κ2) is 13.0. The molecule has 0 unspecified atom stereocenters. The summed E-state index contributed by atoms with van der Waals surface area (Å²) in [6.45, 7) is 16.7. The summed E-state index contributed by atoms with van der Waals surface area (Å²) in [5, 5.41) is 0. The van der Waals surface area contributed by atoms with E-state index >= 15 is 0 Å². The number of hydrogen-bond donors (Lipinski definition) is 0. The maximum Gasteiger partial charge on any atom is 2.00 e. The standard InChI is InChI=1S/C27H31N3.2ClH.Co/c1-16-12-18(3)26(19(4)13-16)28-22(7)24-10-9-11-25(30-24)23(8)29-27-20(5)14-17(2)15-21(27)6;;;/h9-15H,1-8H3;2*1H;/q;;;+2/p-2/b28-22+,29-23+;;;. The molecule has 0 aliphatic heterocycles. The van der Waals surface area contributed by atoms with Crippen LogP contribution < -0.4 is 24.8 Å². The van der Waals surface area contributed by atoms with Crippen molar-refractivity contribution < 1.29 is 41.6 Å². The van der Waals surface area contributed by atoms with Crippen LogP contribution in [0.3, 0.4) is 0 Å². The van der Waals surface area contributed by atoms with Gasteiger partial charge in [-0.3, -0.25) is 9.98 Å². The van der Waals surface area contributed by atoms with Crippen LogP contribution in [0.1, 0.15) is 58.6 Å². The van der Waals surface area contributed by atoms with Gasteiger partial charge >= 0.3 is 16.8 Å². The fourth-order valence-electron chi connectivity index (χ4n) is 3.99. The zero-order chi connectivity index (χ0) is 22.0. The van der Waals surface area contributed by atoms with Crippen LogP contribution in [0.2, 0.25) is 0 Å². The number of aromatic nitrogens is 1. The Bertz CT molecular complexity index is 1050. The van der Waals surface area contributed by atoms with Crippen molar-refractivity contribution in [1.82, 2.24) is 4.98 Å². The van der Waals surface area contributed by atoms with Crippen LogP contribution in [0.15, 0.2) is 52.4 Å². The van der Waals surface area contributed by atoms with E-state index in [0.29, 0.717) is 0 Å². The molecule has 0 aliphatic rings. The number of pyridine rings is 1. The van der Waals surface area contributed by atoms with E-state index in [0.717, 1.165) is 34.2 Å². The second-order valence-electron chi connectivity index (χ2n) is 8.30. The van der Waals surface area contributed by atoms with E-state index in [9.17, 15) is 0 Å². The minimum atomic E-state index is 0. The van der Waals surface area contributed by atoms with E-state index in [2.05, 4.69) is 65.8 Å². The van der Waals surface area contributed by atoms with E-state index in [1.165, 1.54) is 33.4 Å². The molecule has 3 rings (SSSR count). The molecule has 0 aliphatic carbocycles. The average Bonchev–Trinajstić information content (AvgIpc) is 2.67. The Labute approximate surface area is 221 Å². The molecule has 0 fully saturated rings. The summed E-state index contributed by atoms with van der Waals surface area (Å²) in [6, 6.07) is 14.7. The van der Waals surface area contributed by atoms with E-state index in [1.54, 1.807) is 0 Å². The van der Waals surface area contributed by atoms with Crippen LogP contribution >= 0.6 is 0 Å². The molecule has 0 spiro atoms. The van der Waals surface area contributed by atoms with Crippen molar-refractivity contribution in [2.75, 3.05) is 0 Å². The van der Waals surface area contributed by atoms with Crippen LogP contribution in [0.25, 0.3) is 0 Å². The number of aryl methyl sites for hydroxylation is 6. The van der Waals surface area contributed by atoms with Crippen molar-refractivity contribution in [3.8, 4) is 0 Å². The fourth-order valence-corrected chi connectivity index (χ4v) is 3.99. The molecule has 0 bridgehead atoms. The Balaban J connectivity index is 0.00000341. The van der Waals surface area contributed by atoms with Gasteiger partial charge in [-0.2, -0.15) is 0 Å². The molecule has 3 aromatic rings. The van der Waals surface area contributed by atoms with Gasteiger partial charge in [0.15, 0.2) is 0 Å². The zero-order valence-corrected chi connectivity index (χ0v) is 23.0. The number of nitrogens with zero attached hydrogens (tertiary/aromatic N) is 3. The molecule has 0 N–H and O–H groups in total. The van der Waals surface area contributed by atoms with Crippen LogP contribution in [0.5, 0.6) is 0 Å². The second-order valence-corrected chi connectivity index (χ2v) is 8.30. The average molecular weight is 527 g/mol. The van der Waals surface area contributed by atoms with Gasteiger partial charge in [-0.1, -0.05) is 41.5 Å². The molecule has 177 valence electrons. The smallest absolute Gasteiger partial charge is 1.00 e. The number of benzene rings is 2. The van der Waals surface area contributed by atoms with Crippen molar-refractivity contribution in [3.05, 3.63) is 87.2 Å². The summed E-state index contributed by atoms with van der Waals surface area (Å²) in [6.07, 6.45) is 0. The molecular weight excluding hydrogens is 496 g/mol. The van der Waals surface area contributed by atoms with Gasteiger partial charge in [-0.25, -0.2) is 4.98 Å². The molecule has 1 aromatic heterocycles. The summed E-state index contributed by atoms with van der Waals surface area (Å²) in [5.74, 6) is 0. The van der Waals surface area contributed by atoms with Crippen molar-refractivity contribution in [3.63, 3.8) is 0 Å². The van der Waals surface area contributed by atoms with Crippen molar-refractivity contribution in [1.29, 1.82) is 0 Å². The van der Waals surface area contributed by atoms with Gasteiger partial charge in [0.1, 0.15) is 0 Å². The molecule has 33 heavy (non-hydrogen) atoms. The SMILES string of the molecule is C/C(=N\c1c(C)cc(C)cc1C)c1cccc(/C(C)=N/c2c(C)cc(C)cc2C)n1.[Cl-].[Cl-].[Co+2]. The Morgan fingerprint density at radius 3 is 1.21 bits per heavy atom. The van der Waals surface area contributed by atoms with Gasteiger partial charge < -0.3 is 24.8 Å². The van der Waals surface area contributed by atoms with Gasteiger partial charge in [0.2, 0.25) is 0 Å². The van der Waals surface area contributed by atoms with E-state index < -0.39 is 0 Å². The Hall–Kier alpha value is -1.98. The van der Waals surface area contributed by atoms with E-state index in [1.807, 2.05) is 32.0 Å². The Morgan fingerprint density at radius 2 is 0.909 bits per heavy atom. The van der Waals surface area contributed by atoms with Crippen molar-refractivity contribution >= 4 is 22.8 Å². The van der Waals surface area contributed by atoms with E-state index in [4.69, 9.17) is 15.0 Å². The third-order valence-corrected chi connectivity index (χ3v) is 5.32. The Kier molecular flexibility index (Phi) is 12.3. The number of aliphatic imine (C=N–C) groups is 2. The minimum absolute atomic E-state index is 0. The first-order chi connectivity index (χ1) is 14.2. The summed E-state index contributed by atoms with van der Waals surface area (Å²) in [4.78, 5) is 14.7. The first kappa shape index (κ1) is 31.0. The Morgan fingerprint density at radius 1 is 0.606 bits per heavy atom. The largest absolute Gasteiger partial charge is 2.00 e. The summed E-state index contributed by atoms with van der Waals surface area (Å²) in [7, 11) is 0. The normalized spacial score (nSPS) is 11.3. The molecule has 2 aromatic carbocycles. The summed E-state index contributed by atoms with van der Waals surface area (Å²) >= 11 is 0. The van der Waals surface area contributed by atoms with Gasteiger partial charge in [-0.15, -0.1) is 0 Å². The van der Waals surface area contributed by atoms with Crippen LogP contribution in [0, 0.1) is 41.5 Å². The minimum Gasteiger partial charge on any atom is -1.00 e. The van der Waals surface area contributed by atoms with Crippen molar-refractivity contribution in [2.45, 2.75) is 55.4 Å². The molecule has 0 saturated heterocycles. The monoisotopic (exact) mass is 526 g/mol. The molecule has 1 heterocycles. The van der Waals surface area contributed by atoms with Crippen molar-refractivity contribution in [2.24, 2.45) is 9.98 Å². The maximum atomic E-state index is 4.91. The predicted octanol–water partition coefficient (Wildman–Crippen LogP) is 1.22. The first-order valence-electron chi connectivity index (χ1n) is 10.4. The van der Waals surface area contributed by atoms with Gasteiger partial charge in [0.05, 0.1) is 34.2 Å². The van der Waals surface area contributed by atoms with Gasteiger partial charge in [0.25, 0.3) is 0 Å². The molecule has 1 radical (unpaired) electrons. The number of halogens is 2. The maximum absolute atomic E-state index is 4.91.